The van der Waals surface area contributed by atoms with Crippen molar-refractivity contribution in [2.75, 3.05) is 6.61 Å². The standard InChI is InChI=1S/C43H62O11/c1-38(2)19-25-24-13-14-27-40(5)17-16-29(53-37-33(48)31(46)32(47)34(54-37)35(49)50)39(3,4)26(40)15-18-41(27,6)42(24,7)20-28(45)43(25,22-44)21-30(38)52-36(51)23-11-9-8-10-12-23/h8-13,25-34,37,44-48H,14-22H2,1-7H3,(H,49,50)/t25-,26-,27-,28+,29+,30+,31+,32+,33-,34+,37-,40+,41-,42-,43-/m1/s1. The summed E-state index contributed by atoms with van der Waals surface area (Å²) < 4.78 is 18.1. The SMILES string of the molecule is CC1(C)C[C@@H]2C3=CC[C@@H]4[C@@]5(C)CC[C@H](O[C@@H]6O[C@H](C(=O)O)[C@@H](O)[C@H](O)[C@H]6O)C(C)(C)[C@H]5CC[C@@]4(C)[C@]3(C)C[C@H](O)[C@@]2(CO)C[C@@H]1OC(=O)c1ccccc1. The van der Waals surface area contributed by atoms with Crippen LogP contribution in [0.1, 0.15) is 110 Å². The van der Waals surface area contributed by atoms with Crippen LogP contribution in [0.15, 0.2) is 42.0 Å². The monoisotopic (exact) mass is 754 g/mol. The van der Waals surface area contributed by atoms with Gasteiger partial charge in [-0.1, -0.05) is 78.3 Å². The van der Waals surface area contributed by atoms with Crippen LogP contribution in [0.25, 0.3) is 0 Å². The van der Waals surface area contributed by atoms with Crippen LogP contribution in [-0.2, 0) is 19.0 Å². The Morgan fingerprint density at radius 3 is 2.17 bits per heavy atom. The summed E-state index contributed by atoms with van der Waals surface area (Å²) in [6.07, 6.45) is -1.72. The van der Waals surface area contributed by atoms with E-state index in [1.54, 1.807) is 12.1 Å². The van der Waals surface area contributed by atoms with Crippen LogP contribution in [0.5, 0.6) is 0 Å². The molecule has 1 heterocycles. The van der Waals surface area contributed by atoms with Gasteiger partial charge in [0, 0.05) is 10.8 Å². The molecule has 54 heavy (non-hydrogen) atoms. The number of carbonyl (C=O) groups is 2. The van der Waals surface area contributed by atoms with Gasteiger partial charge in [-0.3, -0.25) is 0 Å². The number of ether oxygens (including phenoxy) is 3. The molecule has 0 aromatic heterocycles. The van der Waals surface area contributed by atoms with E-state index < -0.39 is 71.2 Å². The second kappa shape index (κ2) is 13.4. The maximum Gasteiger partial charge on any atom is 0.338 e. The highest BCUT2D eigenvalue weighted by Crippen LogP contribution is 2.76. The second-order valence-electron chi connectivity index (χ2n) is 19.8. The van der Waals surface area contributed by atoms with Crippen molar-refractivity contribution in [3.8, 4) is 0 Å². The van der Waals surface area contributed by atoms with Gasteiger partial charge in [0.1, 0.15) is 24.4 Å². The third kappa shape index (κ3) is 5.69. The Hall–Kier alpha value is -2.38. The first-order chi connectivity index (χ1) is 25.2. The van der Waals surface area contributed by atoms with E-state index in [1.165, 1.54) is 5.57 Å². The van der Waals surface area contributed by atoms with Gasteiger partial charge in [-0.05, 0) is 103 Å². The average molecular weight is 755 g/mol. The zero-order chi connectivity index (χ0) is 39.4. The van der Waals surface area contributed by atoms with Crippen molar-refractivity contribution in [2.24, 2.45) is 50.2 Å². The van der Waals surface area contributed by atoms with Crippen LogP contribution < -0.4 is 0 Å². The zero-order valence-electron chi connectivity index (χ0n) is 32.9. The molecule has 1 aromatic rings. The van der Waals surface area contributed by atoms with E-state index in [4.69, 9.17) is 14.2 Å². The van der Waals surface area contributed by atoms with Crippen molar-refractivity contribution >= 4 is 11.9 Å². The van der Waals surface area contributed by atoms with Crippen molar-refractivity contribution in [3.05, 3.63) is 47.5 Å². The lowest BCUT2D eigenvalue weighted by Crippen LogP contribution is -2.68. The van der Waals surface area contributed by atoms with E-state index in [0.29, 0.717) is 31.2 Å². The molecule has 11 heteroatoms. The molecule has 1 aliphatic heterocycles. The quantitative estimate of drug-likeness (QED) is 0.133. The van der Waals surface area contributed by atoms with Crippen molar-refractivity contribution in [3.63, 3.8) is 0 Å². The fraction of sp³-hybridized carbons (Fsp3) is 0.767. The molecule has 0 radical (unpaired) electrons. The maximum absolute atomic E-state index is 13.3. The highest BCUT2D eigenvalue weighted by atomic mass is 16.7. The Bertz CT molecular complexity index is 1640. The summed E-state index contributed by atoms with van der Waals surface area (Å²) in [6.45, 7) is 15.6. The molecule has 11 nitrogen and oxygen atoms in total. The molecule has 0 spiro atoms. The molecule has 4 saturated carbocycles. The summed E-state index contributed by atoms with van der Waals surface area (Å²) in [7, 11) is 0. The summed E-state index contributed by atoms with van der Waals surface area (Å²) >= 11 is 0. The lowest BCUT2D eigenvalue weighted by Gasteiger charge is -2.72. The summed E-state index contributed by atoms with van der Waals surface area (Å²) in [6, 6.07) is 8.97. The number of aliphatic hydroxyl groups is 5. The van der Waals surface area contributed by atoms with Gasteiger partial charge >= 0.3 is 11.9 Å². The van der Waals surface area contributed by atoms with Gasteiger partial charge in [-0.25, -0.2) is 9.59 Å². The van der Waals surface area contributed by atoms with E-state index in [9.17, 15) is 40.2 Å². The summed E-state index contributed by atoms with van der Waals surface area (Å²) in [4.78, 5) is 25.1. The number of carboxylic acid groups (broad SMARTS) is 1. The predicted octanol–water partition coefficient (Wildman–Crippen LogP) is 4.86. The number of hydrogen-bond donors (Lipinski definition) is 6. The molecule has 0 bridgehead atoms. The van der Waals surface area contributed by atoms with Crippen LogP contribution in [0.3, 0.4) is 0 Å². The first kappa shape index (κ1) is 39.8. The molecular weight excluding hydrogens is 692 g/mol. The van der Waals surface area contributed by atoms with Crippen molar-refractivity contribution < 1.29 is 54.4 Å². The lowest BCUT2D eigenvalue weighted by atomic mass is 9.33. The minimum Gasteiger partial charge on any atom is -0.479 e. The summed E-state index contributed by atoms with van der Waals surface area (Å²) in [5.41, 5.74) is -0.423. The van der Waals surface area contributed by atoms with E-state index in [0.717, 1.165) is 25.7 Å². The molecular formula is C43H62O11. The summed E-state index contributed by atoms with van der Waals surface area (Å²) in [5.74, 6) is -1.40. The van der Waals surface area contributed by atoms with Crippen molar-refractivity contribution in [2.45, 2.75) is 149 Å². The molecule has 0 amide bonds. The zero-order valence-corrected chi connectivity index (χ0v) is 32.9. The second-order valence-corrected chi connectivity index (χ2v) is 19.8. The number of hydrogen-bond acceptors (Lipinski definition) is 10. The first-order valence-corrected chi connectivity index (χ1v) is 20.0. The number of esters is 1. The third-order valence-electron chi connectivity index (χ3n) is 16.6. The normalized spacial score (nSPS) is 47.9. The minimum atomic E-state index is -1.78. The third-order valence-corrected chi connectivity index (χ3v) is 16.6. The number of aliphatic carboxylic acids is 1. The highest BCUT2D eigenvalue weighted by molar-refractivity contribution is 5.89. The number of carbonyl (C=O) groups excluding carboxylic acids is 1. The Kier molecular flexibility index (Phi) is 9.85. The number of fused-ring (bicyclic) bond motifs is 7. The van der Waals surface area contributed by atoms with Crippen molar-refractivity contribution in [1.29, 1.82) is 0 Å². The van der Waals surface area contributed by atoms with Crippen LogP contribution in [0.2, 0.25) is 0 Å². The molecule has 6 aliphatic rings. The number of aliphatic hydroxyl groups excluding tert-OH is 5. The molecule has 1 aromatic carbocycles. The molecule has 5 fully saturated rings. The van der Waals surface area contributed by atoms with Crippen LogP contribution in [-0.4, -0.2) is 98.2 Å². The number of benzene rings is 1. The molecule has 5 aliphatic carbocycles. The van der Waals surface area contributed by atoms with Gasteiger partial charge in [-0.15, -0.1) is 0 Å². The molecule has 300 valence electrons. The maximum atomic E-state index is 13.3. The largest absolute Gasteiger partial charge is 0.479 e. The molecule has 15 atom stereocenters. The van der Waals surface area contributed by atoms with Gasteiger partial charge in [-0.2, -0.15) is 0 Å². The Balaban J connectivity index is 1.16. The minimum absolute atomic E-state index is 0.0766. The lowest BCUT2D eigenvalue weighted by molar-refractivity contribution is -0.324. The smallest absolute Gasteiger partial charge is 0.338 e. The molecule has 6 N–H and O–H groups in total. The van der Waals surface area contributed by atoms with E-state index in [1.807, 2.05) is 18.2 Å². The number of allylic oxidation sites excluding steroid dienone is 2. The Labute approximate surface area is 319 Å². The first-order valence-electron chi connectivity index (χ1n) is 20.0. The van der Waals surface area contributed by atoms with Gasteiger partial charge in [0.05, 0.1) is 24.4 Å². The van der Waals surface area contributed by atoms with E-state index >= 15 is 0 Å². The van der Waals surface area contributed by atoms with Crippen LogP contribution in [0.4, 0.5) is 0 Å². The molecule has 0 unspecified atom stereocenters. The summed E-state index contributed by atoms with van der Waals surface area (Å²) in [5, 5.41) is 64.6. The predicted molar refractivity (Wildman–Crippen MR) is 198 cm³/mol. The fourth-order valence-corrected chi connectivity index (χ4v) is 13.2. The van der Waals surface area contributed by atoms with Crippen LogP contribution in [0, 0.1) is 50.2 Å². The average Bonchev–Trinajstić information content (AvgIpc) is 3.10. The number of carboxylic acids is 1. The van der Waals surface area contributed by atoms with Gasteiger partial charge in [0.25, 0.3) is 0 Å². The number of rotatable bonds is 6. The molecule has 7 rings (SSSR count). The Morgan fingerprint density at radius 1 is 0.833 bits per heavy atom. The van der Waals surface area contributed by atoms with Gasteiger partial charge in [0.15, 0.2) is 12.4 Å². The fourth-order valence-electron chi connectivity index (χ4n) is 13.2. The van der Waals surface area contributed by atoms with Crippen LogP contribution >= 0.6 is 0 Å². The molecule has 1 saturated heterocycles. The van der Waals surface area contributed by atoms with E-state index in [2.05, 4.69) is 54.5 Å². The van der Waals surface area contributed by atoms with Gasteiger partial charge < -0.3 is 44.8 Å². The topological polar surface area (TPSA) is 183 Å². The van der Waals surface area contributed by atoms with Gasteiger partial charge in [0.2, 0.25) is 0 Å². The Morgan fingerprint density at radius 2 is 1.52 bits per heavy atom. The van der Waals surface area contributed by atoms with E-state index in [-0.39, 0.29) is 46.6 Å². The highest BCUT2D eigenvalue weighted by Gasteiger charge is 2.71. The van der Waals surface area contributed by atoms with Crippen molar-refractivity contribution in [1.82, 2.24) is 0 Å².